The number of halogens is 1. The lowest BCUT2D eigenvalue weighted by Gasteiger charge is -2.09. The van der Waals surface area contributed by atoms with E-state index in [0.29, 0.717) is 16.3 Å². The summed E-state index contributed by atoms with van der Waals surface area (Å²) in [6.07, 6.45) is 1.43. The highest BCUT2D eigenvalue weighted by Gasteiger charge is 2.11. The molecule has 1 N–H and O–H groups in total. The fourth-order valence-corrected chi connectivity index (χ4v) is 2.97. The molecule has 0 fully saturated rings. The van der Waals surface area contributed by atoms with E-state index < -0.39 is 16.8 Å². The Morgan fingerprint density at radius 3 is 2.24 bits per heavy atom. The van der Waals surface area contributed by atoms with Crippen molar-refractivity contribution in [3.63, 3.8) is 0 Å². The van der Waals surface area contributed by atoms with Crippen LogP contribution >= 0.6 is 11.6 Å². The van der Waals surface area contributed by atoms with E-state index in [1.54, 1.807) is 36.4 Å². The number of non-ortho nitro benzene ring substituents is 1. The summed E-state index contributed by atoms with van der Waals surface area (Å²) in [6.45, 7) is 3.50. The lowest BCUT2D eigenvalue weighted by Crippen LogP contribution is -2.24. The number of rotatable bonds is 8. The molecule has 0 bridgehead atoms. The molecule has 0 aliphatic heterocycles. The minimum atomic E-state index is -0.644. The molecule has 174 valence electrons. The van der Waals surface area contributed by atoms with E-state index in [9.17, 15) is 19.7 Å². The van der Waals surface area contributed by atoms with Gasteiger partial charge in [-0.1, -0.05) is 11.6 Å². The average molecular weight is 482 g/mol. The number of nitrogens with one attached hydrogen (secondary N) is 1. The summed E-state index contributed by atoms with van der Waals surface area (Å²) in [5, 5.41) is 15.2. The van der Waals surface area contributed by atoms with E-state index in [2.05, 4.69) is 10.5 Å². The predicted octanol–water partition coefficient (Wildman–Crippen LogP) is 4.61. The molecule has 0 saturated heterocycles. The summed E-state index contributed by atoms with van der Waals surface area (Å²) >= 11 is 6.12. The first-order chi connectivity index (χ1) is 16.2. The van der Waals surface area contributed by atoms with Crippen molar-refractivity contribution >= 4 is 35.4 Å². The van der Waals surface area contributed by atoms with Gasteiger partial charge in [0, 0.05) is 17.2 Å². The van der Waals surface area contributed by atoms with Crippen molar-refractivity contribution in [2.45, 2.75) is 13.8 Å². The van der Waals surface area contributed by atoms with Crippen LogP contribution in [0, 0.1) is 24.0 Å². The molecule has 34 heavy (non-hydrogen) atoms. The standard InChI is InChI=1S/C24H20ClN3O6/c1-15-11-21(12-16(2)23(15)25)33-14-22(29)27-26-13-17-3-9-20(10-4-17)34-24(30)18-5-7-19(8-6-18)28(31)32/h3-13H,14H2,1-2H3,(H,27,29)/b26-13+. The van der Waals surface area contributed by atoms with Crippen LogP contribution in [0.3, 0.4) is 0 Å². The zero-order valence-electron chi connectivity index (χ0n) is 18.3. The summed E-state index contributed by atoms with van der Waals surface area (Å²) in [5.41, 5.74) is 4.81. The Kier molecular flexibility index (Phi) is 7.94. The molecule has 0 radical (unpaired) electrons. The van der Waals surface area contributed by atoms with Crippen LogP contribution in [0.1, 0.15) is 27.0 Å². The highest BCUT2D eigenvalue weighted by atomic mass is 35.5. The number of amides is 1. The summed E-state index contributed by atoms with van der Waals surface area (Å²) < 4.78 is 10.7. The number of carbonyl (C=O) groups is 2. The summed E-state index contributed by atoms with van der Waals surface area (Å²) in [5.74, 6) is -0.256. The molecule has 0 aromatic heterocycles. The maximum Gasteiger partial charge on any atom is 0.343 e. The number of hydrogen-bond acceptors (Lipinski definition) is 7. The van der Waals surface area contributed by atoms with Gasteiger partial charge in [0.15, 0.2) is 6.61 Å². The number of nitrogens with zero attached hydrogens (tertiary/aromatic N) is 2. The van der Waals surface area contributed by atoms with Gasteiger partial charge in [0.2, 0.25) is 0 Å². The Labute approximate surface area is 200 Å². The Morgan fingerprint density at radius 1 is 1.03 bits per heavy atom. The van der Waals surface area contributed by atoms with E-state index >= 15 is 0 Å². The Balaban J connectivity index is 1.48. The van der Waals surface area contributed by atoms with Gasteiger partial charge in [-0.25, -0.2) is 10.2 Å². The second-order valence-electron chi connectivity index (χ2n) is 7.22. The molecule has 9 nitrogen and oxygen atoms in total. The quantitative estimate of drug-likeness (QED) is 0.165. The molecular weight excluding hydrogens is 462 g/mol. The van der Waals surface area contributed by atoms with E-state index in [4.69, 9.17) is 21.1 Å². The third-order valence-electron chi connectivity index (χ3n) is 4.59. The van der Waals surface area contributed by atoms with Crippen molar-refractivity contribution in [2.24, 2.45) is 5.10 Å². The third kappa shape index (κ3) is 6.63. The first kappa shape index (κ1) is 24.4. The predicted molar refractivity (Wildman–Crippen MR) is 127 cm³/mol. The summed E-state index contributed by atoms with van der Waals surface area (Å²) in [6, 6.07) is 15.0. The maximum atomic E-state index is 12.2. The smallest absolute Gasteiger partial charge is 0.343 e. The molecule has 3 aromatic rings. The van der Waals surface area contributed by atoms with Crippen LogP contribution in [0.5, 0.6) is 11.5 Å². The van der Waals surface area contributed by atoms with Gasteiger partial charge >= 0.3 is 5.97 Å². The van der Waals surface area contributed by atoms with Crippen LogP contribution in [0.15, 0.2) is 65.8 Å². The molecule has 1 amide bonds. The molecule has 0 saturated carbocycles. The van der Waals surface area contributed by atoms with Gasteiger partial charge in [0.05, 0.1) is 16.7 Å². The lowest BCUT2D eigenvalue weighted by atomic mass is 10.1. The summed E-state index contributed by atoms with van der Waals surface area (Å²) in [7, 11) is 0. The van der Waals surface area contributed by atoms with E-state index in [-0.39, 0.29) is 23.6 Å². The van der Waals surface area contributed by atoms with Crippen molar-refractivity contribution in [3.05, 3.63) is 98.1 Å². The highest BCUT2D eigenvalue weighted by Crippen LogP contribution is 2.25. The van der Waals surface area contributed by atoms with Crippen LogP contribution in [0.4, 0.5) is 5.69 Å². The van der Waals surface area contributed by atoms with Gasteiger partial charge in [0.25, 0.3) is 11.6 Å². The first-order valence-electron chi connectivity index (χ1n) is 10.0. The van der Waals surface area contributed by atoms with Crippen LogP contribution in [-0.4, -0.2) is 29.6 Å². The number of nitro groups is 1. The van der Waals surface area contributed by atoms with Crippen molar-refractivity contribution in [1.82, 2.24) is 5.43 Å². The van der Waals surface area contributed by atoms with Gasteiger partial charge in [-0.05, 0) is 79.1 Å². The topological polar surface area (TPSA) is 120 Å². The Bertz CT molecular complexity index is 1220. The molecule has 0 unspecified atom stereocenters. The Morgan fingerprint density at radius 2 is 1.65 bits per heavy atom. The van der Waals surface area contributed by atoms with Gasteiger partial charge in [-0.2, -0.15) is 5.10 Å². The number of esters is 1. The molecular formula is C24H20ClN3O6. The van der Waals surface area contributed by atoms with Gasteiger partial charge in [-0.15, -0.1) is 0 Å². The first-order valence-corrected chi connectivity index (χ1v) is 10.4. The molecule has 0 aliphatic rings. The van der Waals surface area contributed by atoms with Gasteiger partial charge < -0.3 is 9.47 Å². The van der Waals surface area contributed by atoms with Crippen molar-refractivity contribution in [1.29, 1.82) is 0 Å². The molecule has 0 heterocycles. The van der Waals surface area contributed by atoms with Crippen molar-refractivity contribution in [2.75, 3.05) is 6.61 Å². The van der Waals surface area contributed by atoms with Crippen LogP contribution in [0.2, 0.25) is 5.02 Å². The van der Waals surface area contributed by atoms with Crippen LogP contribution < -0.4 is 14.9 Å². The van der Waals surface area contributed by atoms with E-state index in [0.717, 1.165) is 11.1 Å². The fraction of sp³-hybridized carbons (Fsp3) is 0.125. The minimum Gasteiger partial charge on any atom is -0.484 e. The minimum absolute atomic E-state index is 0.117. The largest absolute Gasteiger partial charge is 0.484 e. The van der Waals surface area contributed by atoms with Crippen molar-refractivity contribution < 1.29 is 24.0 Å². The number of aryl methyl sites for hydroxylation is 2. The zero-order chi connectivity index (χ0) is 24.7. The van der Waals surface area contributed by atoms with Crippen LogP contribution in [-0.2, 0) is 4.79 Å². The Hall–Kier alpha value is -4.24. The maximum absolute atomic E-state index is 12.2. The summed E-state index contributed by atoms with van der Waals surface area (Å²) in [4.78, 5) is 34.2. The number of hydrogen-bond donors (Lipinski definition) is 1. The second-order valence-corrected chi connectivity index (χ2v) is 7.59. The molecule has 0 spiro atoms. The molecule has 10 heteroatoms. The number of hydrazone groups is 1. The number of nitro benzene ring substituents is 1. The SMILES string of the molecule is Cc1cc(OCC(=O)N/N=C/c2ccc(OC(=O)c3ccc([N+](=O)[O-])cc3)cc2)cc(C)c1Cl. The zero-order valence-corrected chi connectivity index (χ0v) is 19.0. The molecule has 0 atom stereocenters. The normalized spacial score (nSPS) is 10.7. The molecule has 3 rings (SSSR count). The van der Waals surface area contributed by atoms with Gasteiger partial charge in [0.1, 0.15) is 11.5 Å². The lowest BCUT2D eigenvalue weighted by molar-refractivity contribution is -0.384. The second kappa shape index (κ2) is 11.1. The number of benzene rings is 3. The van der Waals surface area contributed by atoms with Crippen molar-refractivity contribution in [3.8, 4) is 11.5 Å². The monoisotopic (exact) mass is 481 g/mol. The fourth-order valence-electron chi connectivity index (χ4n) is 2.86. The van der Waals surface area contributed by atoms with E-state index in [1.165, 1.54) is 30.5 Å². The molecule has 0 aliphatic carbocycles. The molecule has 3 aromatic carbocycles. The van der Waals surface area contributed by atoms with Crippen LogP contribution in [0.25, 0.3) is 0 Å². The highest BCUT2D eigenvalue weighted by molar-refractivity contribution is 6.32. The number of carbonyl (C=O) groups excluding carboxylic acids is 2. The number of ether oxygens (including phenoxy) is 2. The van der Waals surface area contributed by atoms with Gasteiger partial charge in [-0.3, -0.25) is 14.9 Å². The third-order valence-corrected chi connectivity index (χ3v) is 5.18. The average Bonchev–Trinajstić information content (AvgIpc) is 2.82. The van der Waals surface area contributed by atoms with E-state index in [1.807, 2.05) is 13.8 Å².